The van der Waals surface area contributed by atoms with Crippen LogP contribution in [0.1, 0.15) is 6.42 Å². The lowest BCUT2D eigenvalue weighted by Gasteiger charge is -2.39. The average molecular weight is 183 g/mol. The summed E-state index contributed by atoms with van der Waals surface area (Å²) in [5.74, 6) is 0. The number of nitrogens with zero attached hydrogens (tertiary/aromatic N) is 2. The van der Waals surface area contributed by atoms with E-state index in [0.29, 0.717) is 6.04 Å². The van der Waals surface area contributed by atoms with Crippen LogP contribution in [-0.4, -0.2) is 55.6 Å². The van der Waals surface area contributed by atoms with Gasteiger partial charge in [0.1, 0.15) is 0 Å². The predicted molar refractivity (Wildman–Crippen MR) is 56.7 cm³/mol. The van der Waals surface area contributed by atoms with Crippen LogP contribution in [0, 0.1) is 0 Å². The number of rotatable bonds is 4. The fraction of sp³-hybridized carbons (Fsp3) is 0.800. The maximum atomic E-state index is 5.59. The molecule has 1 atom stereocenters. The number of hydrogen-bond donors (Lipinski definition) is 1. The van der Waals surface area contributed by atoms with Gasteiger partial charge in [-0.05, 0) is 20.0 Å². The van der Waals surface area contributed by atoms with Crippen molar-refractivity contribution in [3.63, 3.8) is 0 Å². The normalized spacial score (nSPS) is 26.2. The summed E-state index contributed by atoms with van der Waals surface area (Å²) in [6.07, 6.45) is 3.08. The number of piperazine rings is 1. The zero-order valence-corrected chi connectivity index (χ0v) is 8.58. The van der Waals surface area contributed by atoms with E-state index in [1.807, 2.05) is 6.08 Å². The van der Waals surface area contributed by atoms with Crippen molar-refractivity contribution < 1.29 is 0 Å². The first-order chi connectivity index (χ1) is 6.27. The van der Waals surface area contributed by atoms with Gasteiger partial charge in [0.05, 0.1) is 0 Å². The van der Waals surface area contributed by atoms with Gasteiger partial charge in [0.25, 0.3) is 0 Å². The highest BCUT2D eigenvalue weighted by Gasteiger charge is 2.22. The summed E-state index contributed by atoms with van der Waals surface area (Å²) in [5.41, 5.74) is 5.59. The monoisotopic (exact) mass is 183 g/mol. The van der Waals surface area contributed by atoms with E-state index in [1.54, 1.807) is 0 Å². The lowest BCUT2D eigenvalue weighted by Crippen LogP contribution is -2.52. The highest BCUT2D eigenvalue weighted by molar-refractivity contribution is 4.85. The van der Waals surface area contributed by atoms with E-state index in [0.717, 1.165) is 39.1 Å². The molecule has 0 saturated carbocycles. The minimum Gasteiger partial charge on any atom is -0.330 e. The van der Waals surface area contributed by atoms with E-state index in [-0.39, 0.29) is 0 Å². The molecule has 1 rings (SSSR count). The molecule has 0 aliphatic carbocycles. The third-order valence-corrected chi connectivity index (χ3v) is 2.67. The van der Waals surface area contributed by atoms with E-state index < -0.39 is 0 Å². The smallest absolute Gasteiger partial charge is 0.0238 e. The third kappa shape index (κ3) is 3.10. The molecule has 3 heteroatoms. The Balaban J connectivity index is 2.44. The molecule has 1 fully saturated rings. The summed E-state index contributed by atoms with van der Waals surface area (Å²) >= 11 is 0. The van der Waals surface area contributed by atoms with Gasteiger partial charge in [-0.15, -0.1) is 6.58 Å². The highest BCUT2D eigenvalue weighted by Crippen LogP contribution is 2.10. The minimum absolute atomic E-state index is 0.627. The summed E-state index contributed by atoms with van der Waals surface area (Å²) in [6, 6.07) is 0.627. The van der Waals surface area contributed by atoms with E-state index >= 15 is 0 Å². The maximum absolute atomic E-state index is 5.59. The minimum atomic E-state index is 0.627. The second-order valence-corrected chi connectivity index (χ2v) is 3.78. The van der Waals surface area contributed by atoms with Crippen molar-refractivity contribution in [1.29, 1.82) is 0 Å². The Labute approximate surface area is 81.2 Å². The Morgan fingerprint density at radius 1 is 1.54 bits per heavy atom. The molecule has 1 aliphatic heterocycles. The first kappa shape index (κ1) is 10.7. The van der Waals surface area contributed by atoms with Gasteiger partial charge in [-0.1, -0.05) is 6.08 Å². The number of hydrogen-bond acceptors (Lipinski definition) is 3. The van der Waals surface area contributed by atoms with Gasteiger partial charge in [-0.3, -0.25) is 4.90 Å². The van der Waals surface area contributed by atoms with Gasteiger partial charge < -0.3 is 10.6 Å². The van der Waals surface area contributed by atoms with Crippen molar-refractivity contribution in [3.8, 4) is 0 Å². The highest BCUT2D eigenvalue weighted by atomic mass is 15.3. The summed E-state index contributed by atoms with van der Waals surface area (Å²) in [4.78, 5) is 4.85. The van der Waals surface area contributed by atoms with E-state index in [9.17, 15) is 0 Å². The van der Waals surface area contributed by atoms with Crippen LogP contribution in [0.2, 0.25) is 0 Å². The molecule has 13 heavy (non-hydrogen) atoms. The van der Waals surface area contributed by atoms with Crippen molar-refractivity contribution in [3.05, 3.63) is 12.7 Å². The van der Waals surface area contributed by atoms with Gasteiger partial charge in [0.2, 0.25) is 0 Å². The van der Waals surface area contributed by atoms with Crippen LogP contribution in [0.15, 0.2) is 12.7 Å². The maximum Gasteiger partial charge on any atom is 0.0238 e. The van der Waals surface area contributed by atoms with Gasteiger partial charge in [0.15, 0.2) is 0 Å². The lowest BCUT2D eigenvalue weighted by atomic mass is 10.1. The van der Waals surface area contributed by atoms with Crippen LogP contribution in [0.3, 0.4) is 0 Å². The molecule has 76 valence electrons. The first-order valence-electron chi connectivity index (χ1n) is 5.01. The molecule has 0 radical (unpaired) electrons. The van der Waals surface area contributed by atoms with Crippen molar-refractivity contribution in [2.45, 2.75) is 12.5 Å². The van der Waals surface area contributed by atoms with Gasteiger partial charge in [-0.2, -0.15) is 0 Å². The topological polar surface area (TPSA) is 32.5 Å². The van der Waals surface area contributed by atoms with E-state index in [1.165, 1.54) is 0 Å². The first-order valence-corrected chi connectivity index (χ1v) is 5.01. The Morgan fingerprint density at radius 3 is 2.92 bits per heavy atom. The Bertz CT molecular complexity index is 158. The van der Waals surface area contributed by atoms with Crippen molar-refractivity contribution in [1.82, 2.24) is 9.80 Å². The Kier molecular flexibility index (Phi) is 4.42. The average Bonchev–Trinajstić information content (AvgIpc) is 2.10. The molecule has 2 N–H and O–H groups in total. The van der Waals surface area contributed by atoms with Crippen molar-refractivity contribution >= 4 is 0 Å². The lowest BCUT2D eigenvalue weighted by molar-refractivity contribution is 0.0969. The third-order valence-electron chi connectivity index (χ3n) is 2.67. The molecule has 0 bridgehead atoms. The van der Waals surface area contributed by atoms with Crippen LogP contribution in [0.25, 0.3) is 0 Å². The standard InChI is InChI=1S/C10H21N3/c1-3-6-13-8-7-12(2)9-10(13)4-5-11/h3,10H,1,4-9,11H2,2H3. The molecule has 0 aromatic heterocycles. The molecule has 1 heterocycles. The molecule has 1 saturated heterocycles. The molecular formula is C10H21N3. The second-order valence-electron chi connectivity index (χ2n) is 3.78. The molecule has 1 unspecified atom stereocenters. The van der Waals surface area contributed by atoms with Gasteiger partial charge in [-0.25, -0.2) is 0 Å². The molecule has 0 aromatic rings. The van der Waals surface area contributed by atoms with E-state index in [2.05, 4.69) is 23.4 Å². The number of likely N-dealkylation sites (N-methyl/N-ethyl adjacent to an activating group) is 1. The fourth-order valence-corrected chi connectivity index (χ4v) is 1.92. The Morgan fingerprint density at radius 2 is 2.31 bits per heavy atom. The fourth-order valence-electron chi connectivity index (χ4n) is 1.92. The van der Waals surface area contributed by atoms with Gasteiger partial charge in [0, 0.05) is 32.2 Å². The van der Waals surface area contributed by atoms with E-state index in [4.69, 9.17) is 5.73 Å². The van der Waals surface area contributed by atoms with Crippen molar-refractivity contribution in [2.24, 2.45) is 5.73 Å². The SMILES string of the molecule is C=CCN1CCN(C)CC1CCN. The van der Waals surface area contributed by atoms with Gasteiger partial charge >= 0.3 is 0 Å². The molecule has 1 aliphatic rings. The Hall–Kier alpha value is -0.380. The molecule has 3 nitrogen and oxygen atoms in total. The number of nitrogens with two attached hydrogens (primary N) is 1. The quantitative estimate of drug-likeness (QED) is 0.629. The summed E-state index contributed by atoms with van der Waals surface area (Å²) in [5, 5.41) is 0. The van der Waals surface area contributed by atoms with Crippen molar-refractivity contribution in [2.75, 3.05) is 39.8 Å². The van der Waals surface area contributed by atoms with Crippen LogP contribution in [0.4, 0.5) is 0 Å². The molecule has 0 spiro atoms. The molecule has 0 aromatic carbocycles. The molecule has 0 amide bonds. The predicted octanol–water partition coefficient (Wildman–Crippen LogP) is 0.137. The summed E-state index contributed by atoms with van der Waals surface area (Å²) in [7, 11) is 2.18. The van der Waals surface area contributed by atoms with Crippen LogP contribution < -0.4 is 5.73 Å². The van der Waals surface area contributed by atoms with Crippen LogP contribution >= 0.6 is 0 Å². The largest absolute Gasteiger partial charge is 0.330 e. The zero-order chi connectivity index (χ0) is 9.68. The second kappa shape index (κ2) is 5.37. The summed E-state index contributed by atoms with van der Waals surface area (Å²) < 4.78 is 0. The summed E-state index contributed by atoms with van der Waals surface area (Å²) in [6.45, 7) is 9.02. The zero-order valence-electron chi connectivity index (χ0n) is 8.58. The van der Waals surface area contributed by atoms with Crippen LogP contribution in [-0.2, 0) is 0 Å². The molecular weight excluding hydrogens is 162 g/mol. The van der Waals surface area contributed by atoms with Crippen LogP contribution in [0.5, 0.6) is 0 Å².